The van der Waals surface area contributed by atoms with Crippen molar-refractivity contribution in [1.82, 2.24) is 10.2 Å². The summed E-state index contributed by atoms with van der Waals surface area (Å²) in [5, 5.41) is 8.39. The summed E-state index contributed by atoms with van der Waals surface area (Å²) in [6.45, 7) is 16.5. The highest BCUT2D eigenvalue weighted by Crippen LogP contribution is 2.63. The maximum absolute atomic E-state index is 12.7. The molecule has 1 saturated heterocycles. The van der Waals surface area contributed by atoms with Crippen molar-refractivity contribution in [1.29, 1.82) is 0 Å². The van der Waals surface area contributed by atoms with Gasteiger partial charge in [0.2, 0.25) is 11.8 Å². The molecule has 2 amide bonds. The van der Waals surface area contributed by atoms with Gasteiger partial charge in [-0.05, 0) is 69.1 Å². The molecule has 1 N–H and O–H groups in total. The smallest absolute Gasteiger partial charge is 0.240 e. The molecule has 0 aromatic rings. The molecule has 4 fully saturated rings. The molecule has 3 aliphatic carbocycles. The van der Waals surface area contributed by atoms with Crippen LogP contribution in [0.25, 0.3) is 5.32 Å². The van der Waals surface area contributed by atoms with E-state index in [-0.39, 0.29) is 35.4 Å². The van der Waals surface area contributed by atoms with Gasteiger partial charge in [-0.25, -0.2) is 0 Å². The van der Waals surface area contributed by atoms with E-state index in [1.165, 1.54) is 24.8 Å². The Balaban J connectivity index is 1.50. The van der Waals surface area contributed by atoms with Gasteiger partial charge in [0.1, 0.15) is 0 Å². The zero-order chi connectivity index (χ0) is 23.4. The zero-order valence-electron chi connectivity index (χ0n) is 21.1. The van der Waals surface area contributed by atoms with Crippen LogP contribution in [0.5, 0.6) is 0 Å². The monoisotopic (exact) mass is 442 g/mol. The minimum atomic E-state index is -0.308. The van der Waals surface area contributed by atoms with Crippen LogP contribution >= 0.6 is 0 Å². The van der Waals surface area contributed by atoms with Gasteiger partial charge in [-0.3, -0.25) is 9.59 Å². The van der Waals surface area contributed by atoms with E-state index in [0.29, 0.717) is 36.1 Å². The SMILES string of the molecule is C=C1CC[C@@]2([N-]C)[C@H]3[C@H](CC[C@@H]2C)[C@@H](C)C[C@@H](CC(C)(C)NC(=O)CN2C[C@H](C)C2=O)[C@H]13. The largest absolute Gasteiger partial charge is 0.659 e. The van der Waals surface area contributed by atoms with Gasteiger partial charge < -0.3 is 15.5 Å². The van der Waals surface area contributed by atoms with Crippen molar-refractivity contribution in [2.24, 2.45) is 41.4 Å². The Hall–Kier alpha value is -1.36. The average Bonchev–Trinajstić information content (AvgIpc) is 2.72. The second-order valence-electron chi connectivity index (χ2n) is 12.3. The molecule has 5 nitrogen and oxygen atoms in total. The maximum Gasteiger partial charge on any atom is 0.240 e. The first-order valence-corrected chi connectivity index (χ1v) is 12.9. The quantitative estimate of drug-likeness (QED) is 0.475. The highest BCUT2D eigenvalue weighted by molar-refractivity contribution is 5.89. The van der Waals surface area contributed by atoms with Crippen molar-refractivity contribution in [3.05, 3.63) is 17.5 Å². The van der Waals surface area contributed by atoms with Gasteiger partial charge in [0, 0.05) is 12.1 Å². The molecule has 4 rings (SSSR count). The number of nitrogens with one attached hydrogen (secondary N) is 1. The highest BCUT2D eigenvalue weighted by Gasteiger charge is 2.55. The number of hydrogen-bond acceptors (Lipinski definition) is 2. The maximum atomic E-state index is 12.7. The van der Waals surface area contributed by atoms with E-state index in [1.54, 1.807) is 4.90 Å². The van der Waals surface area contributed by atoms with E-state index >= 15 is 0 Å². The van der Waals surface area contributed by atoms with Crippen LogP contribution in [0.1, 0.15) is 73.1 Å². The third kappa shape index (κ3) is 3.93. The molecule has 3 saturated carbocycles. The first-order valence-electron chi connectivity index (χ1n) is 12.9. The topological polar surface area (TPSA) is 63.5 Å². The van der Waals surface area contributed by atoms with Gasteiger partial charge in [0.15, 0.2) is 0 Å². The van der Waals surface area contributed by atoms with Crippen LogP contribution in [-0.4, -0.2) is 47.9 Å². The van der Waals surface area contributed by atoms with Crippen LogP contribution in [0.3, 0.4) is 0 Å². The van der Waals surface area contributed by atoms with Crippen LogP contribution < -0.4 is 5.32 Å². The number of carbonyl (C=O) groups excluding carboxylic acids is 2. The Kier molecular flexibility index (Phi) is 6.28. The Morgan fingerprint density at radius 1 is 1.28 bits per heavy atom. The molecule has 0 spiro atoms. The average molecular weight is 443 g/mol. The standard InChI is InChI=1S/C27H44N3O2/c1-16-10-11-27(28-7)19(4)8-9-21-17(2)12-20(23(16)24(21)27)13-26(5,6)29-22(31)15-30-14-18(3)25(30)32/h17-21,23-24H,1,8-15H2,2-7H3,(H,29,31)/q-1/t17-,18-,19-,20-,21+,23-,24-,27-/m0/s1. The predicted molar refractivity (Wildman–Crippen MR) is 129 cm³/mol. The molecule has 180 valence electrons. The number of amides is 2. The Labute approximate surface area is 195 Å². The molecular weight excluding hydrogens is 398 g/mol. The number of carbonyl (C=O) groups is 2. The number of likely N-dealkylation sites (tertiary alicyclic amines) is 1. The van der Waals surface area contributed by atoms with E-state index in [9.17, 15) is 9.59 Å². The van der Waals surface area contributed by atoms with Crippen LogP contribution in [0, 0.1) is 41.4 Å². The van der Waals surface area contributed by atoms with Crippen molar-refractivity contribution in [2.45, 2.75) is 84.2 Å². The third-order valence-electron chi connectivity index (χ3n) is 9.67. The fourth-order valence-electron chi connectivity index (χ4n) is 8.24. The number of β-lactam (4-membered cyclic amide) rings is 1. The van der Waals surface area contributed by atoms with Crippen LogP contribution in [-0.2, 0) is 9.59 Å². The molecule has 0 bridgehead atoms. The van der Waals surface area contributed by atoms with Gasteiger partial charge in [-0.2, -0.15) is 7.05 Å². The van der Waals surface area contributed by atoms with Gasteiger partial charge in [0.05, 0.1) is 12.5 Å². The van der Waals surface area contributed by atoms with Crippen LogP contribution in [0.2, 0.25) is 0 Å². The molecule has 0 aromatic heterocycles. The van der Waals surface area contributed by atoms with Crippen LogP contribution in [0.4, 0.5) is 0 Å². The van der Waals surface area contributed by atoms with E-state index in [1.807, 2.05) is 6.92 Å². The molecule has 1 aliphatic heterocycles. The van der Waals surface area contributed by atoms with E-state index in [4.69, 9.17) is 5.32 Å². The van der Waals surface area contributed by atoms with Crippen molar-refractivity contribution < 1.29 is 9.59 Å². The normalized spacial score (nSPS) is 41.7. The van der Waals surface area contributed by atoms with E-state index in [0.717, 1.165) is 25.2 Å². The lowest BCUT2D eigenvalue weighted by molar-refractivity contribution is -0.150. The second kappa shape index (κ2) is 8.45. The molecule has 4 aliphatic rings. The summed E-state index contributed by atoms with van der Waals surface area (Å²) in [6.07, 6.45) is 7.02. The van der Waals surface area contributed by atoms with Crippen LogP contribution in [0.15, 0.2) is 12.2 Å². The Morgan fingerprint density at radius 2 is 2.00 bits per heavy atom. The fourth-order valence-corrected chi connectivity index (χ4v) is 8.24. The highest BCUT2D eigenvalue weighted by atomic mass is 16.2. The summed E-state index contributed by atoms with van der Waals surface area (Å²) in [7, 11) is 2.06. The molecule has 0 aromatic carbocycles. The first kappa shape index (κ1) is 23.8. The second-order valence-corrected chi connectivity index (χ2v) is 12.3. The minimum absolute atomic E-state index is 0.0383. The Bertz CT molecular complexity index is 777. The number of rotatable bonds is 6. The fraction of sp³-hybridized carbons (Fsp3) is 0.852. The molecule has 1 heterocycles. The molecule has 32 heavy (non-hydrogen) atoms. The summed E-state index contributed by atoms with van der Waals surface area (Å²) in [6, 6.07) is 0. The van der Waals surface area contributed by atoms with Crippen molar-refractivity contribution in [3.63, 3.8) is 0 Å². The third-order valence-corrected chi connectivity index (χ3v) is 9.67. The lowest BCUT2D eigenvalue weighted by atomic mass is 9.44. The lowest BCUT2D eigenvalue weighted by Gasteiger charge is -2.69. The lowest BCUT2D eigenvalue weighted by Crippen LogP contribution is -2.61. The molecule has 5 heteroatoms. The van der Waals surface area contributed by atoms with E-state index in [2.05, 4.69) is 46.6 Å². The van der Waals surface area contributed by atoms with Crippen molar-refractivity contribution >= 4 is 11.8 Å². The molecular formula is C27H44N3O2-. The Morgan fingerprint density at radius 3 is 2.62 bits per heavy atom. The molecule has 0 unspecified atom stereocenters. The predicted octanol–water partition coefficient (Wildman–Crippen LogP) is 4.78. The summed E-state index contributed by atoms with van der Waals surface area (Å²) in [4.78, 5) is 26.3. The summed E-state index contributed by atoms with van der Waals surface area (Å²) in [5.74, 6) is 3.80. The summed E-state index contributed by atoms with van der Waals surface area (Å²) in [5.41, 5.74) is 1.22. The number of hydrogen-bond donors (Lipinski definition) is 1. The minimum Gasteiger partial charge on any atom is -0.659 e. The first-order chi connectivity index (χ1) is 15.0. The van der Waals surface area contributed by atoms with E-state index < -0.39 is 0 Å². The number of allylic oxidation sites excluding steroid dienone is 1. The number of nitrogens with zero attached hydrogens (tertiary/aromatic N) is 2. The zero-order valence-corrected chi connectivity index (χ0v) is 21.1. The van der Waals surface area contributed by atoms with Gasteiger partial charge in [0.25, 0.3) is 0 Å². The van der Waals surface area contributed by atoms with Crippen molar-refractivity contribution in [3.8, 4) is 0 Å². The van der Waals surface area contributed by atoms with Gasteiger partial charge in [-0.15, -0.1) is 5.54 Å². The molecule has 8 atom stereocenters. The van der Waals surface area contributed by atoms with Gasteiger partial charge >= 0.3 is 0 Å². The summed E-state index contributed by atoms with van der Waals surface area (Å²) >= 11 is 0. The van der Waals surface area contributed by atoms with Gasteiger partial charge in [-0.1, -0.05) is 51.7 Å². The molecule has 0 radical (unpaired) electrons. The van der Waals surface area contributed by atoms with Crippen molar-refractivity contribution in [2.75, 3.05) is 20.1 Å². The summed E-state index contributed by atoms with van der Waals surface area (Å²) < 4.78 is 0.